The van der Waals surface area contributed by atoms with Crippen molar-refractivity contribution in [2.24, 2.45) is 0 Å². The molecule has 0 unspecified atom stereocenters. The molecule has 0 radical (unpaired) electrons. The zero-order chi connectivity index (χ0) is 20.1. The fourth-order valence-corrected chi connectivity index (χ4v) is 3.43. The Bertz CT molecular complexity index is 868. The Labute approximate surface area is 164 Å². The number of benzene rings is 1. The fourth-order valence-electron chi connectivity index (χ4n) is 3.43. The second-order valence-corrected chi connectivity index (χ2v) is 8.37. The van der Waals surface area contributed by atoms with Gasteiger partial charge >= 0.3 is 13.2 Å². The van der Waals surface area contributed by atoms with E-state index in [2.05, 4.69) is 10.3 Å². The molecular formula is C19H25BN4O4. The van der Waals surface area contributed by atoms with Crippen molar-refractivity contribution in [1.29, 1.82) is 0 Å². The first kappa shape index (κ1) is 19.0. The lowest BCUT2D eigenvalue weighted by molar-refractivity contribution is 0.00578. The maximum absolute atomic E-state index is 12.3. The topological polar surface area (TPSA) is 78.7 Å². The summed E-state index contributed by atoms with van der Waals surface area (Å²) in [6.45, 7) is 11.1. The summed E-state index contributed by atoms with van der Waals surface area (Å²) in [7, 11) is -0.426. The van der Waals surface area contributed by atoms with E-state index in [9.17, 15) is 4.79 Å². The van der Waals surface area contributed by atoms with E-state index in [-0.39, 0.29) is 12.2 Å². The molecule has 0 saturated carbocycles. The first-order chi connectivity index (χ1) is 13.2. The van der Waals surface area contributed by atoms with Gasteiger partial charge in [-0.15, -0.1) is 5.10 Å². The molecule has 2 aliphatic rings. The van der Waals surface area contributed by atoms with Crippen molar-refractivity contribution in [3.05, 3.63) is 36.2 Å². The molecule has 0 bridgehead atoms. The molecule has 2 saturated heterocycles. The van der Waals surface area contributed by atoms with Crippen LogP contribution in [0, 0.1) is 6.92 Å². The third-order valence-electron chi connectivity index (χ3n) is 5.81. The SMILES string of the molecule is Cc1cc(N2C[C@H](Cn3ccnn3)OC2=O)ccc1B1OC(C)(C)C(C)(C)O1. The van der Waals surface area contributed by atoms with Crippen LogP contribution in [0.15, 0.2) is 30.6 Å². The molecule has 2 fully saturated rings. The highest BCUT2D eigenvalue weighted by atomic mass is 16.7. The highest BCUT2D eigenvalue weighted by molar-refractivity contribution is 6.62. The Kier molecular flexibility index (Phi) is 4.47. The zero-order valence-corrected chi connectivity index (χ0v) is 16.9. The second-order valence-electron chi connectivity index (χ2n) is 8.37. The molecule has 0 spiro atoms. The number of amides is 1. The van der Waals surface area contributed by atoms with Gasteiger partial charge in [-0.3, -0.25) is 4.90 Å². The summed E-state index contributed by atoms with van der Waals surface area (Å²) < 4.78 is 19.4. The van der Waals surface area contributed by atoms with Gasteiger partial charge in [-0.25, -0.2) is 9.48 Å². The van der Waals surface area contributed by atoms with Crippen molar-refractivity contribution in [1.82, 2.24) is 15.0 Å². The number of cyclic esters (lactones) is 1. The van der Waals surface area contributed by atoms with E-state index in [1.54, 1.807) is 22.0 Å². The lowest BCUT2D eigenvalue weighted by atomic mass is 9.76. The summed E-state index contributed by atoms with van der Waals surface area (Å²) in [5.41, 5.74) is 1.98. The van der Waals surface area contributed by atoms with E-state index in [1.165, 1.54) is 0 Å². The Morgan fingerprint density at radius 2 is 1.93 bits per heavy atom. The molecule has 1 aromatic heterocycles. The van der Waals surface area contributed by atoms with Gasteiger partial charge in [0, 0.05) is 11.9 Å². The van der Waals surface area contributed by atoms with Gasteiger partial charge in [-0.1, -0.05) is 11.3 Å². The summed E-state index contributed by atoms with van der Waals surface area (Å²) in [4.78, 5) is 14.0. The molecule has 1 aromatic carbocycles. The van der Waals surface area contributed by atoms with Crippen molar-refractivity contribution in [2.45, 2.75) is 58.5 Å². The Morgan fingerprint density at radius 3 is 2.54 bits per heavy atom. The van der Waals surface area contributed by atoms with E-state index in [1.807, 2.05) is 52.8 Å². The van der Waals surface area contributed by atoms with Gasteiger partial charge < -0.3 is 14.0 Å². The smallest absolute Gasteiger partial charge is 0.442 e. The Hall–Kier alpha value is -2.39. The number of nitrogens with zero attached hydrogens (tertiary/aromatic N) is 4. The van der Waals surface area contributed by atoms with Gasteiger partial charge in [-0.2, -0.15) is 0 Å². The van der Waals surface area contributed by atoms with Crippen LogP contribution in [0.3, 0.4) is 0 Å². The predicted octanol–water partition coefficient (Wildman–Crippen LogP) is 1.91. The highest BCUT2D eigenvalue weighted by Gasteiger charge is 2.52. The normalized spacial score (nSPS) is 23.3. The average Bonchev–Trinajstić information content (AvgIpc) is 3.27. The monoisotopic (exact) mass is 384 g/mol. The molecule has 9 heteroatoms. The van der Waals surface area contributed by atoms with Gasteiger partial charge in [0.15, 0.2) is 0 Å². The largest absolute Gasteiger partial charge is 0.495 e. The van der Waals surface area contributed by atoms with Crippen molar-refractivity contribution in [3.8, 4) is 0 Å². The maximum Gasteiger partial charge on any atom is 0.495 e. The van der Waals surface area contributed by atoms with E-state index >= 15 is 0 Å². The van der Waals surface area contributed by atoms with Crippen molar-refractivity contribution >= 4 is 24.4 Å². The van der Waals surface area contributed by atoms with Crippen LogP contribution in [0.2, 0.25) is 0 Å². The quantitative estimate of drug-likeness (QED) is 0.750. The minimum Gasteiger partial charge on any atom is -0.442 e. The number of aromatic nitrogens is 3. The first-order valence-corrected chi connectivity index (χ1v) is 9.45. The van der Waals surface area contributed by atoms with Gasteiger partial charge in [0.2, 0.25) is 0 Å². The number of aryl methyl sites for hydroxylation is 1. The average molecular weight is 384 g/mol. The Morgan fingerprint density at radius 1 is 1.21 bits per heavy atom. The summed E-state index contributed by atoms with van der Waals surface area (Å²) in [5.74, 6) is 0. The number of carbonyl (C=O) groups is 1. The van der Waals surface area contributed by atoms with Gasteiger partial charge in [-0.05, 0) is 57.8 Å². The molecule has 3 heterocycles. The molecule has 1 atom stereocenters. The van der Waals surface area contributed by atoms with Crippen LogP contribution in [0.1, 0.15) is 33.3 Å². The molecule has 28 heavy (non-hydrogen) atoms. The molecule has 4 rings (SSSR count). The van der Waals surface area contributed by atoms with E-state index < -0.39 is 18.3 Å². The number of carbonyl (C=O) groups excluding carboxylic acids is 1. The van der Waals surface area contributed by atoms with Gasteiger partial charge in [0.1, 0.15) is 6.10 Å². The van der Waals surface area contributed by atoms with Crippen molar-refractivity contribution < 1.29 is 18.8 Å². The molecular weight excluding hydrogens is 359 g/mol. The standard InChI is InChI=1S/C19H25BN4O4/c1-13-10-14(6-7-16(13)20-27-18(2,3)19(4,5)28-20)24-12-15(26-17(24)25)11-23-9-8-21-22-23/h6-10,15H,11-12H2,1-5H3/t15-/m0/s1. The van der Waals surface area contributed by atoms with E-state index in [0.717, 1.165) is 16.7 Å². The lowest BCUT2D eigenvalue weighted by Gasteiger charge is -2.32. The van der Waals surface area contributed by atoms with Crippen LogP contribution in [0.4, 0.5) is 10.5 Å². The number of rotatable bonds is 4. The molecule has 1 amide bonds. The number of ether oxygens (including phenoxy) is 1. The van der Waals surface area contributed by atoms with Crippen LogP contribution < -0.4 is 10.4 Å². The lowest BCUT2D eigenvalue weighted by Crippen LogP contribution is -2.41. The molecule has 2 aromatic rings. The Balaban J connectivity index is 1.50. The molecule has 148 valence electrons. The number of hydrogen-bond donors (Lipinski definition) is 0. The molecule has 0 N–H and O–H groups in total. The third-order valence-corrected chi connectivity index (χ3v) is 5.81. The number of anilines is 1. The third kappa shape index (κ3) is 3.29. The molecule has 2 aliphatic heterocycles. The van der Waals surface area contributed by atoms with Crippen LogP contribution in [0.25, 0.3) is 0 Å². The summed E-state index contributed by atoms with van der Waals surface area (Å²) >= 11 is 0. The number of hydrogen-bond acceptors (Lipinski definition) is 6. The van der Waals surface area contributed by atoms with Gasteiger partial charge in [0.25, 0.3) is 0 Å². The first-order valence-electron chi connectivity index (χ1n) is 9.45. The summed E-state index contributed by atoms with van der Waals surface area (Å²) in [5, 5.41) is 7.70. The zero-order valence-electron chi connectivity index (χ0n) is 16.9. The second kappa shape index (κ2) is 6.60. The molecule has 8 nitrogen and oxygen atoms in total. The van der Waals surface area contributed by atoms with Crippen molar-refractivity contribution in [2.75, 3.05) is 11.4 Å². The van der Waals surface area contributed by atoms with Crippen LogP contribution in [-0.2, 0) is 20.6 Å². The minimum atomic E-state index is -0.426. The maximum atomic E-state index is 12.3. The van der Waals surface area contributed by atoms with Crippen molar-refractivity contribution in [3.63, 3.8) is 0 Å². The predicted molar refractivity (Wildman–Crippen MR) is 105 cm³/mol. The fraction of sp³-hybridized carbons (Fsp3) is 0.526. The van der Waals surface area contributed by atoms with Gasteiger partial charge in [0.05, 0.1) is 30.5 Å². The van der Waals surface area contributed by atoms with Crippen LogP contribution in [-0.4, -0.2) is 52.1 Å². The summed E-state index contributed by atoms with van der Waals surface area (Å²) in [6, 6.07) is 5.84. The molecule has 0 aliphatic carbocycles. The van der Waals surface area contributed by atoms with E-state index in [0.29, 0.717) is 13.1 Å². The van der Waals surface area contributed by atoms with Crippen LogP contribution in [0.5, 0.6) is 0 Å². The van der Waals surface area contributed by atoms with E-state index in [4.69, 9.17) is 14.0 Å². The highest BCUT2D eigenvalue weighted by Crippen LogP contribution is 2.37. The summed E-state index contributed by atoms with van der Waals surface area (Å²) in [6.07, 6.45) is 2.73. The minimum absolute atomic E-state index is 0.266. The van der Waals surface area contributed by atoms with Crippen LogP contribution >= 0.6 is 0 Å².